The molecule has 5 heteroatoms. The summed E-state index contributed by atoms with van der Waals surface area (Å²) >= 11 is 0. The van der Waals surface area contributed by atoms with Gasteiger partial charge in [-0.1, -0.05) is 18.2 Å². The summed E-state index contributed by atoms with van der Waals surface area (Å²) in [7, 11) is 0. The SMILES string of the molecule is CCOC(=O)[C@H]1C[C@]2(C(=O)Nc3c(C)cccc32)N2CCC[C@@H]12. The number of amides is 1. The van der Waals surface area contributed by atoms with Crippen LogP contribution < -0.4 is 5.32 Å². The number of aryl methyl sites for hydroxylation is 1. The highest BCUT2D eigenvalue weighted by Crippen LogP contribution is 2.54. The Balaban J connectivity index is 1.81. The average molecular weight is 314 g/mol. The molecule has 122 valence electrons. The Morgan fingerprint density at radius 1 is 1.48 bits per heavy atom. The summed E-state index contributed by atoms with van der Waals surface area (Å²) in [5, 5.41) is 3.07. The van der Waals surface area contributed by atoms with Crippen molar-refractivity contribution < 1.29 is 14.3 Å². The summed E-state index contributed by atoms with van der Waals surface area (Å²) in [5.41, 5.74) is 2.33. The van der Waals surface area contributed by atoms with Gasteiger partial charge in [-0.2, -0.15) is 0 Å². The van der Waals surface area contributed by atoms with Crippen LogP contribution in [0.15, 0.2) is 18.2 Å². The summed E-state index contributed by atoms with van der Waals surface area (Å²) in [6.45, 7) is 5.09. The normalized spacial score (nSPS) is 32.0. The number of carbonyl (C=O) groups is 2. The van der Waals surface area contributed by atoms with Crippen molar-refractivity contribution in [3.05, 3.63) is 29.3 Å². The van der Waals surface area contributed by atoms with Gasteiger partial charge in [0.05, 0.1) is 12.5 Å². The second kappa shape index (κ2) is 5.06. The van der Waals surface area contributed by atoms with Crippen molar-refractivity contribution in [2.24, 2.45) is 5.92 Å². The smallest absolute Gasteiger partial charge is 0.310 e. The molecule has 1 aromatic rings. The van der Waals surface area contributed by atoms with E-state index < -0.39 is 5.54 Å². The second-order valence-electron chi connectivity index (χ2n) is 6.78. The molecule has 4 rings (SSSR count). The molecule has 3 aliphatic heterocycles. The minimum Gasteiger partial charge on any atom is -0.466 e. The van der Waals surface area contributed by atoms with Crippen LogP contribution >= 0.6 is 0 Å². The van der Waals surface area contributed by atoms with Gasteiger partial charge in [-0.3, -0.25) is 14.5 Å². The number of nitrogens with one attached hydrogen (secondary N) is 1. The van der Waals surface area contributed by atoms with Crippen molar-refractivity contribution in [3.8, 4) is 0 Å². The quantitative estimate of drug-likeness (QED) is 0.850. The van der Waals surface area contributed by atoms with Crippen molar-refractivity contribution in [1.82, 2.24) is 4.90 Å². The number of anilines is 1. The van der Waals surface area contributed by atoms with Gasteiger partial charge in [-0.15, -0.1) is 0 Å². The lowest BCUT2D eigenvalue weighted by Crippen LogP contribution is -2.47. The zero-order valence-corrected chi connectivity index (χ0v) is 13.6. The molecule has 2 fully saturated rings. The minimum atomic E-state index is -0.694. The molecule has 0 aromatic heterocycles. The number of benzene rings is 1. The summed E-state index contributed by atoms with van der Waals surface area (Å²) < 4.78 is 5.29. The van der Waals surface area contributed by atoms with Crippen LogP contribution in [0.1, 0.15) is 37.3 Å². The lowest BCUT2D eigenvalue weighted by Gasteiger charge is -2.32. The van der Waals surface area contributed by atoms with Crippen molar-refractivity contribution in [2.45, 2.75) is 44.7 Å². The van der Waals surface area contributed by atoms with Crippen molar-refractivity contribution in [2.75, 3.05) is 18.5 Å². The first-order valence-corrected chi connectivity index (χ1v) is 8.44. The van der Waals surface area contributed by atoms with Crippen LogP contribution in [0.5, 0.6) is 0 Å². The molecule has 0 radical (unpaired) electrons. The molecule has 1 amide bonds. The highest BCUT2D eigenvalue weighted by Gasteiger charge is 2.63. The lowest BCUT2D eigenvalue weighted by molar-refractivity contribution is -0.148. The number of nitrogens with zero attached hydrogens (tertiary/aromatic N) is 1. The minimum absolute atomic E-state index is 0.0144. The number of fused-ring (bicyclic) bond motifs is 4. The molecular formula is C18H22N2O3. The Labute approximate surface area is 136 Å². The van der Waals surface area contributed by atoms with Crippen LogP contribution in [0.4, 0.5) is 5.69 Å². The predicted octanol–water partition coefficient (Wildman–Crippen LogP) is 2.19. The van der Waals surface area contributed by atoms with Crippen molar-refractivity contribution >= 4 is 17.6 Å². The Morgan fingerprint density at radius 3 is 3.09 bits per heavy atom. The van der Waals surface area contributed by atoms with E-state index in [1.54, 1.807) is 0 Å². The third-order valence-corrected chi connectivity index (χ3v) is 5.69. The molecule has 3 aliphatic rings. The maximum atomic E-state index is 13.0. The Kier molecular flexibility index (Phi) is 3.23. The topological polar surface area (TPSA) is 58.6 Å². The molecule has 0 aliphatic carbocycles. The van der Waals surface area contributed by atoms with Gasteiger partial charge in [0.15, 0.2) is 0 Å². The molecule has 5 nitrogen and oxygen atoms in total. The Bertz CT molecular complexity index is 687. The number of hydrogen-bond donors (Lipinski definition) is 1. The zero-order chi connectivity index (χ0) is 16.2. The fourth-order valence-corrected chi connectivity index (χ4v) is 4.75. The van der Waals surface area contributed by atoms with Crippen LogP contribution in [0.25, 0.3) is 0 Å². The van der Waals surface area contributed by atoms with Gasteiger partial charge >= 0.3 is 5.97 Å². The van der Waals surface area contributed by atoms with Crippen LogP contribution in [0, 0.1) is 12.8 Å². The van der Waals surface area contributed by atoms with Gasteiger partial charge in [0, 0.05) is 17.3 Å². The molecule has 1 N–H and O–H groups in total. The highest BCUT2D eigenvalue weighted by atomic mass is 16.5. The van der Waals surface area contributed by atoms with Crippen molar-refractivity contribution in [3.63, 3.8) is 0 Å². The van der Waals surface area contributed by atoms with Gasteiger partial charge in [-0.05, 0) is 45.2 Å². The third kappa shape index (κ3) is 1.83. The predicted molar refractivity (Wildman–Crippen MR) is 86.0 cm³/mol. The summed E-state index contributed by atoms with van der Waals surface area (Å²) in [4.78, 5) is 27.7. The molecule has 1 spiro atoms. The molecule has 3 atom stereocenters. The van der Waals surface area contributed by atoms with Gasteiger partial charge in [0.1, 0.15) is 5.54 Å². The maximum absolute atomic E-state index is 13.0. The summed E-state index contributed by atoms with van der Waals surface area (Å²) in [5.74, 6) is -0.356. The largest absolute Gasteiger partial charge is 0.466 e. The second-order valence-corrected chi connectivity index (χ2v) is 6.78. The first-order valence-electron chi connectivity index (χ1n) is 8.44. The number of carbonyl (C=O) groups excluding carboxylic acids is 2. The first-order chi connectivity index (χ1) is 11.1. The number of para-hydroxylation sites is 1. The third-order valence-electron chi connectivity index (χ3n) is 5.69. The molecule has 23 heavy (non-hydrogen) atoms. The van der Waals surface area contributed by atoms with E-state index >= 15 is 0 Å². The van der Waals surface area contributed by atoms with Crippen molar-refractivity contribution in [1.29, 1.82) is 0 Å². The number of hydrogen-bond acceptors (Lipinski definition) is 4. The van der Waals surface area contributed by atoms with E-state index in [4.69, 9.17) is 4.74 Å². The Morgan fingerprint density at radius 2 is 2.30 bits per heavy atom. The van der Waals surface area contributed by atoms with Crippen LogP contribution in [0.3, 0.4) is 0 Å². The molecule has 3 heterocycles. The lowest BCUT2D eigenvalue weighted by atomic mass is 9.84. The van der Waals surface area contributed by atoms with E-state index in [9.17, 15) is 9.59 Å². The van der Waals surface area contributed by atoms with Crippen LogP contribution in [-0.4, -0.2) is 36.0 Å². The van der Waals surface area contributed by atoms with Crippen LogP contribution in [0.2, 0.25) is 0 Å². The van der Waals surface area contributed by atoms with E-state index in [2.05, 4.69) is 10.2 Å². The average Bonchev–Trinajstić information content (AvgIpc) is 3.17. The first kappa shape index (κ1) is 14.7. The number of ether oxygens (including phenoxy) is 1. The van der Waals surface area contributed by atoms with E-state index in [1.807, 2.05) is 32.0 Å². The maximum Gasteiger partial charge on any atom is 0.310 e. The fourth-order valence-electron chi connectivity index (χ4n) is 4.75. The zero-order valence-electron chi connectivity index (χ0n) is 13.6. The molecule has 1 aromatic carbocycles. The number of esters is 1. The summed E-state index contributed by atoms with van der Waals surface area (Å²) in [6.07, 6.45) is 2.51. The summed E-state index contributed by atoms with van der Waals surface area (Å²) in [6, 6.07) is 6.16. The molecule has 0 unspecified atom stereocenters. The molecule has 0 saturated carbocycles. The van der Waals surface area contributed by atoms with Crippen LogP contribution in [-0.2, 0) is 19.9 Å². The standard InChI is InChI=1S/C18H22N2O3/c1-3-23-16(21)12-10-18(20-9-5-8-14(12)20)13-7-4-6-11(2)15(13)19-17(18)22/h4,6-7,12,14H,3,5,8-10H2,1-2H3,(H,19,22)/t12-,14-,18-/m0/s1. The molecular weight excluding hydrogens is 292 g/mol. The van der Waals surface area contributed by atoms with Gasteiger partial charge in [-0.25, -0.2) is 0 Å². The van der Waals surface area contributed by atoms with E-state index in [0.29, 0.717) is 13.0 Å². The van der Waals surface area contributed by atoms with E-state index in [1.165, 1.54) is 0 Å². The van der Waals surface area contributed by atoms with Gasteiger partial charge in [0.2, 0.25) is 5.91 Å². The van der Waals surface area contributed by atoms with Gasteiger partial charge < -0.3 is 10.1 Å². The highest BCUT2D eigenvalue weighted by molar-refractivity contribution is 6.07. The van der Waals surface area contributed by atoms with E-state index in [0.717, 1.165) is 36.2 Å². The fraction of sp³-hybridized carbons (Fsp3) is 0.556. The number of rotatable bonds is 2. The monoisotopic (exact) mass is 314 g/mol. The molecule has 2 saturated heterocycles. The van der Waals surface area contributed by atoms with E-state index in [-0.39, 0.29) is 23.8 Å². The molecule has 0 bridgehead atoms. The van der Waals surface area contributed by atoms with Gasteiger partial charge in [0.25, 0.3) is 0 Å². The Hall–Kier alpha value is -1.88.